The molecule has 4 heteroatoms. The van der Waals surface area contributed by atoms with Gasteiger partial charge in [-0.15, -0.1) is 4.91 Å². The lowest BCUT2D eigenvalue weighted by Gasteiger charge is -2.24. The number of rotatable bonds is 3. The Morgan fingerprint density at radius 3 is 2.52 bits per heavy atom. The number of amides is 1. The van der Waals surface area contributed by atoms with E-state index in [4.69, 9.17) is 0 Å². The molecule has 0 N–H and O–H groups in total. The van der Waals surface area contributed by atoms with Gasteiger partial charge in [0.15, 0.2) is 0 Å². The lowest BCUT2D eigenvalue weighted by molar-refractivity contribution is 0.0715. The normalized spacial score (nSPS) is 15.0. The van der Waals surface area contributed by atoms with Crippen LogP contribution in [0.15, 0.2) is 47.6 Å². The molecule has 0 aliphatic carbocycles. The second-order valence-electron chi connectivity index (χ2n) is 5.35. The standard InChI is InChI=1S/C17H16N2O2/c1-11-15(18-21)9-8-14-10-19(17(20)16(11)14)12(2)13-6-4-3-5-7-13/h3-9,12H,10H2,1-2H3/t12-/m0/s1. The van der Waals surface area contributed by atoms with Crippen molar-refractivity contribution < 1.29 is 4.79 Å². The van der Waals surface area contributed by atoms with Crippen molar-refractivity contribution >= 4 is 11.6 Å². The molecule has 3 rings (SSSR count). The Morgan fingerprint density at radius 1 is 1.14 bits per heavy atom. The highest BCUT2D eigenvalue weighted by Crippen LogP contribution is 2.35. The average Bonchev–Trinajstić information content (AvgIpc) is 2.85. The van der Waals surface area contributed by atoms with Crippen molar-refractivity contribution in [3.8, 4) is 0 Å². The lowest BCUT2D eigenvalue weighted by Crippen LogP contribution is -2.27. The zero-order valence-electron chi connectivity index (χ0n) is 12.0. The first kappa shape index (κ1) is 13.5. The summed E-state index contributed by atoms with van der Waals surface area (Å²) in [5, 5.41) is 2.99. The molecule has 0 radical (unpaired) electrons. The first-order valence-corrected chi connectivity index (χ1v) is 6.95. The van der Waals surface area contributed by atoms with Gasteiger partial charge in [-0.3, -0.25) is 4.79 Å². The van der Waals surface area contributed by atoms with Gasteiger partial charge in [0.25, 0.3) is 5.91 Å². The van der Waals surface area contributed by atoms with Crippen molar-refractivity contribution in [1.29, 1.82) is 0 Å². The SMILES string of the molecule is Cc1c(N=O)ccc2c1C(=O)N([C@@H](C)c1ccccc1)C2. The van der Waals surface area contributed by atoms with E-state index in [0.29, 0.717) is 23.4 Å². The van der Waals surface area contributed by atoms with E-state index in [1.54, 1.807) is 13.0 Å². The summed E-state index contributed by atoms with van der Waals surface area (Å²) in [7, 11) is 0. The molecule has 0 unspecified atom stereocenters. The van der Waals surface area contributed by atoms with Gasteiger partial charge >= 0.3 is 0 Å². The fourth-order valence-corrected chi connectivity index (χ4v) is 2.91. The fraction of sp³-hybridized carbons (Fsp3) is 0.235. The maximum Gasteiger partial charge on any atom is 0.255 e. The van der Waals surface area contributed by atoms with Crippen LogP contribution in [-0.4, -0.2) is 10.8 Å². The monoisotopic (exact) mass is 280 g/mol. The van der Waals surface area contributed by atoms with E-state index in [-0.39, 0.29) is 11.9 Å². The molecule has 0 spiro atoms. The number of carbonyl (C=O) groups is 1. The zero-order valence-corrected chi connectivity index (χ0v) is 12.0. The van der Waals surface area contributed by atoms with Gasteiger partial charge in [-0.25, -0.2) is 0 Å². The second kappa shape index (κ2) is 5.13. The summed E-state index contributed by atoms with van der Waals surface area (Å²) in [4.78, 5) is 25.3. The minimum atomic E-state index is -0.0237. The van der Waals surface area contributed by atoms with E-state index in [2.05, 4.69) is 5.18 Å². The van der Waals surface area contributed by atoms with Crippen molar-refractivity contribution in [1.82, 2.24) is 4.90 Å². The molecule has 1 amide bonds. The number of nitroso groups, excluding NO2 is 1. The van der Waals surface area contributed by atoms with Crippen molar-refractivity contribution in [2.45, 2.75) is 26.4 Å². The number of hydrogen-bond donors (Lipinski definition) is 0. The molecule has 0 fully saturated rings. The summed E-state index contributed by atoms with van der Waals surface area (Å²) in [6.45, 7) is 4.38. The first-order valence-electron chi connectivity index (χ1n) is 6.95. The molecule has 0 saturated carbocycles. The van der Waals surface area contributed by atoms with Crippen molar-refractivity contribution in [3.05, 3.63) is 69.6 Å². The van der Waals surface area contributed by atoms with E-state index >= 15 is 0 Å². The Balaban J connectivity index is 1.98. The maximum atomic E-state index is 12.7. The molecule has 0 aromatic heterocycles. The molecular weight excluding hydrogens is 264 g/mol. The number of benzene rings is 2. The third-order valence-corrected chi connectivity index (χ3v) is 4.19. The zero-order chi connectivity index (χ0) is 15.0. The van der Waals surface area contributed by atoms with Gasteiger partial charge < -0.3 is 4.90 Å². The van der Waals surface area contributed by atoms with Crippen LogP contribution in [0, 0.1) is 11.8 Å². The van der Waals surface area contributed by atoms with Crippen LogP contribution in [0.2, 0.25) is 0 Å². The van der Waals surface area contributed by atoms with E-state index in [1.165, 1.54) is 0 Å². The number of carbonyl (C=O) groups excluding carboxylic acids is 1. The van der Waals surface area contributed by atoms with Crippen molar-refractivity contribution in [3.63, 3.8) is 0 Å². The van der Waals surface area contributed by atoms with Crippen LogP contribution < -0.4 is 0 Å². The van der Waals surface area contributed by atoms with Crippen LogP contribution in [0.4, 0.5) is 5.69 Å². The minimum Gasteiger partial charge on any atom is -0.328 e. The third-order valence-electron chi connectivity index (χ3n) is 4.19. The third kappa shape index (κ3) is 2.13. The Morgan fingerprint density at radius 2 is 1.86 bits per heavy atom. The van der Waals surface area contributed by atoms with Gasteiger partial charge in [0.1, 0.15) is 5.69 Å². The Bertz CT molecular complexity index is 710. The Labute approximate surface area is 123 Å². The van der Waals surface area contributed by atoms with Crippen LogP contribution in [0.1, 0.15) is 40.0 Å². The van der Waals surface area contributed by atoms with E-state index < -0.39 is 0 Å². The van der Waals surface area contributed by atoms with Crippen LogP contribution in [-0.2, 0) is 6.54 Å². The highest BCUT2D eigenvalue weighted by Gasteiger charge is 2.33. The molecular formula is C17H16N2O2. The largest absolute Gasteiger partial charge is 0.328 e. The van der Waals surface area contributed by atoms with Gasteiger partial charge in [-0.1, -0.05) is 36.4 Å². The van der Waals surface area contributed by atoms with Gasteiger partial charge in [0.2, 0.25) is 0 Å². The predicted molar refractivity (Wildman–Crippen MR) is 81.4 cm³/mol. The molecule has 0 saturated heterocycles. The van der Waals surface area contributed by atoms with E-state index in [0.717, 1.165) is 11.1 Å². The number of fused-ring (bicyclic) bond motifs is 1. The molecule has 1 aliphatic heterocycles. The summed E-state index contributed by atoms with van der Waals surface area (Å²) in [5.74, 6) is -0.0237. The summed E-state index contributed by atoms with van der Waals surface area (Å²) < 4.78 is 0. The average molecular weight is 280 g/mol. The molecule has 1 atom stereocenters. The number of hydrogen-bond acceptors (Lipinski definition) is 3. The molecule has 0 bridgehead atoms. The fourth-order valence-electron chi connectivity index (χ4n) is 2.91. The minimum absolute atomic E-state index is 0.00172. The van der Waals surface area contributed by atoms with Crippen LogP contribution in [0.25, 0.3) is 0 Å². The molecule has 106 valence electrons. The lowest BCUT2D eigenvalue weighted by atomic mass is 10.0. The van der Waals surface area contributed by atoms with Gasteiger partial charge in [-0.2, -0.15) is 0 Å². The first-order chi connectivity index (χ1) is 10.1. The maximum absolute atomic E-state index is 12.7. The van der Waals surface area contributed by atoms with E-state index in [1.807, 2.05) is 48.2 Å². The molecule has 1 heterocycles. The topological polar surface area (TPSA) is 49.7 Å². The van der Waals surface area contributed by atoms with Gasteiger partial charge in [0, 0.05) is 12.1 Å². The Kier molecular flexibility index (Phi) is 3.29. The second-order valence-corrected chi connectivity index (χ2v) is 5.35. The summed E-state index contributed by atoms with van der Waals surface area (Å²) in [5.41, 5.74) is 3.72. The molecule has 2 aromatic carbocycles. The summed E-state index contributed by atoms with van der Waals surface area (Å²) in [6.07, 6.45) is 0. The predicted octanol–water partition coefficient (Wildman–Crippen LogP) is 4.11. The number of nitrogens with zero attached hydrogens (tertiary/aromatic N) is 2. The highest BCUT2D eigenvalue weighted by molar-refractivity contribution is 6.01. The molecule has 21 heavy (non-hydrogen) atoms. The van der Waals surface area contributed by atoms with E-state index in [9.17, 15) is 9.70 Å². The van der Waals surface area contributed by atoms with Crippen LogP contribution in [0.5, 0.6) is 0 Å². The van der Waals surface area contributed by atoms with Crippen molar-refractivity contribution in [2.75, 3.05) is 0 Å². The van der Waals surface area contributed by atoms with Crippen LogP contribution in [0.3, 0.4) is 0 Å². The summed E-state index contributed by atoms with van der Waals surface area (Å²) in [6, 6.07) is 13.5. The quantitative estimate of drug-likeness (QED) is 0.794. The summed E-state index contributed by atoms with van der Waals surface area (Å²) >= 11 is 0. The molecule has 1 aliphatic rings. The molecule has 2 aromatic rings. The van der Waals surface area contributed by atoms with Gasteiger partial charge in [0.05, 0.1) is 6.04 Å². The van der Waals surface area contributed by atoms with Crippen LogP contribution >= 0.6 is 0 Å². The van der Waals surface area contributed by atoms with Crippen molar-refractivity contribution in [2.24, 2.45) is 5.18 Å². The smallest absolute Gasteiger partial charge is 0.255 e. The Hall–Kier alpha value is -2.49. The van der Waals surface area contributed by atoms with Gasteiger partial charge in [-0.05, 0) is 41.8 Å². The highest BCUT2D eigenvalue weighted by atomic mass is 16.3. The molecule has 4 nitrogen and oxygen atoms in total.